The van der Waals surface area contributed by atoms with Gasteiger partial charge in [0, 0.05) is 39.0 Å². The molecule has 0 aromatic heterocycles. The van der Waals surface area contributed by atoms with Crippen LogP contribution < -0.4 is 14.8 Å². The van der Waals surface area contributed by atoms with Crippen molar-refractivity contribution < 1.29 is 29.3 Å². The molecule has 0 unspecified atom stereocenters. The number of likely N-dealkylation sites (tertiary alicyclic amines) is 1. The van der Waals surface area contributed by atoms with Gasteiger partial charge in [-0.15, -0.1) is 0 Å². The van der Waals surface area contributed by atoms with E-state index in [1.54, 1.807) is 13.1 Å². The van der Waals surface area contributed by atoms with Crippen molar-refractivity contribution in [1.82, 2.24) is 15.1 Å². The van der Waals surface area contributed by atoms with Crippen molar-refractivity contribution in [3.63, 3.8) is 0 Å². The number of nitrogens with one attached hydrogen (secondary N) is 1. The number of carboxylic acid groups (broad SMARTS) is 1. The summed E-state index contributed by atoms with van der Waals surface area (Å²) < 4.78 is 11.6. The first-order chi connectivity index (χ1) is 15.4. The zero-order chi connectivity index (χ0) is 23.1. The molecule has 32 heavy (non-hydrogen) atoms. The number of rotatable bonds is 8. The molecule has 2 aliphatic heterocycles. The number of aryl methyl sites for hydroxylation is 1. The summed E-state index contributed by atoms with van der Waals surface area (Å²) in [6, 6.07) is 3.63. The minimum Gasteiger partial charge on any atom is -0.489 e. The Hall–Kier alpha value is -2.52. The highest BCUT2D eigenvalue weighted by molar-refractivity contribution is 5.98. The predicted molar refractivity (Wildman–Crippen MR) is 120 cm³/mol. The van der Waals surface area contributed by atoms with E-state index in [1.807, 2.05) is 13.0 Å². The predicted octanol–water partition coefficient (Wildman–Crippen LogP) is 1.96. The molecule has 3 N–H and O–H groups in total. The van der Waals surface area contributed by atoms with Crippen molar-refractivity contribution >= 4 is 12.0 Å². The summed E-state index contributed by atoms with van der Waals surface area (Å²) in [5.74, 6) is 0.917. The molecule has 1 fully saturated rings. The average molecular weight is 450 g/mol. The van der Waals surface area contributed by atoms with Gasteiger partial charge in [-0.3, -0.25) is 4.79 Å². The van der Waals surface area contributed by atoms with Gasteiger partial charge in [-0.1, -0.05) is 6.07 Å². The highest BCUT2D eigenvalue weighted by Gasteiger charge is 2.28. The molecular formula is C23H35N3O6. The van der Waals surface area contributed by atoms with Crippen LogP contribution in [-0.2, 0) is 0 Å². The third kappa shape index (κ3) is 6.26. The standard InChI is InChI=1S/C23H35N3O6/c1-16-6-7-18(21-20(16)31-12-5-13-32-21)22(28)24-14-17-8-11-26(15-19(17)27)10-4-3-9-25(2)23(29)30/h6-7,17,19,27H,3-5,8-15H2,1-2H3,(H,24,28)(H,29,30)/t17-,19+/m0/s1. The number of nitrogens with zero attached hydrogens (tertiary/aromatic N) is 2. The Morgan fingerprint density at radius 3 is 2.69 bits per heavy atom. The monoisotopic (exact) mass is 449 g/mol. The number of carbonyl (C=O) groups is 2. The zero-order valence-electron chi connectivity index (χ0n) is 19.0. The Morgan fingerprint density at radius 2 is 1.97 bits per heavy atom. The average Bonchev–Trinajstić information content (AvgIpc) is 3.03. The van der Waals surface area contributed by atoms with Crippen LogP contribution in [0.15, 0.2) is 12.1 Å². The van der Waals surface area contributed by atoms with Gasteiger partial charge < -0.3 is 34.8 Å². The number of β-amino-alcohol motifs (C(OH)–C–C–N with tert-alkyl or cyclic N) is 1. The van der Waals surface area contributed by atoms with Crippen LogP contribution in [0.4, 0.5) is 4.79 Å². The largest absolute Gasteiger partial charge is 0.489 e. The molecule has 0 radical (unpaired) electrons. The van der Waals surface area contributed by atoms with Crippen LogP contribution >= 0.6 is 0 Å². The number of hydrogen-bond donors (Lipinski definition) is 3. The van der Waals surface area contributed by atoms with Crippen molar-refractivity contribution in [3.8, 4) is 11.5 Å². The molecule has 2 heterocycles. The van der Waals surface area contributed by atoms with Crippen LogP contribution in [-0.4, -0.2) is 91.1 Å². The molecular weight excluding hydrogens is 414 g/mol. The molecule has 0 bridgehead atoms. The molecule has 9 heteroatoms. The molecule has 0 aliphatic carbocycles. The van der Waals surface area contributed by atoms with E-state index in [4.69, 9.17) is 14.6 Å². The molecule has 1 aromatic rings. The summed E-state index contributed by atoms with van der Waals surface area (Å²) in [6.45, 7) is 6.18. The maximum absolute atomic E-state index is 12.8. The van der Waals surface area contributed by atoms with Crippen LogP contribution in [0.3, 0.4) is 0 Å². The number of unbranched alkanes of at least 4 members (excludes halogenated alkanes) is 1. The smallest absolute Gasteiger partial charge is 0.407 e. The van der Waals surface area contributed by atoms with Gasteiger partial charge in [0.05, 0.1) is 24.9 Å². The third-order valence-electron chi connectivity index (χ3n) is 6.21. The minimum atomic E-state index is -0.913. The molecule has 1 aromatic carbocycles. The van der Waals surface area contributed by atoms with Gasteiger partial charge in [0.2, 0.25) is 0 Å². The lowest BCUT2D eigenvalue weighted by atomic mass is 9.93. The third-order valence-corrected chi connectivity index (χ3v) is 6.21. The Kier molecular flexibility index (Phi) is 8.58. The lowest BCUT2D eigenvalue weighted by Crippen LogP contribution is -2.47. The van der Waals surface area contributed by atoms with Gasteiger partial charge in [-0.05, 0) is 50.9 Å². The SMILES string of the molecule is Cc1ccc(C(=O)NC[C@@H]2CCN(CCCCN(C)C(=O)O)C[C@H]2O)c2c1OCCCO2. The number of hydrogen-bond acceptors (Lipinski definition) is 6. The zero-order valence-corrected chi connectivity index (χ0v) is 19.0. The molecule has 9 nitrogen and oxygen atoms in total. The van der Waals surface area contributed by atoms with Gasteiger partial charge in [-0.25, -0.2) is 4.79 Å². The van der Waals surface area contributed by atoms with Crippen molar-refractivity contribution in [1.29, 1.82) is 0 Å². The van der Waals surface area contributed by atoms with Crippen LogP contribution in [0.1, 0.15) is 41.6 Å². The van der Waals surface area contributed by atoms with Crippen molar-refractivity contribution in [2.24, 2.45) is 5.92 Å². The number of amides is 2. The molecule has 178 valence electrons. The first-order valence-electron chi connectivity index (χ1n) is 11.4. The van der Waals surface area contributed by atoms with E-state index >= 15 is 0 Å². The van der Waals surface area contributed by atoms with Crippen molar-refractivity contribution in [3.05, 3.63) is 23.3 Å². The van der Waals surface area contributed by atoms with Crippen molar-refractivity contribution in [2.45, 2.75) is 38.7 Å². The topological polar surface area (TPSA) is 112 Å². The number of piperidine rings is 1. The summed E-state index contributed by atoms with van der Waals surface area (Å²) in [4.78, 5) is 27.1. The second-order valence-electron chi connectivity index (χ2n) is 8.68. The molecule has 3 rings (SSSR count). The number of carbonyl (C=O) groups excluding carboxylic acids is 1. The Balaban J connectivity index is 1.45. The molecule has 2 aliphatic rings. The highest BCUT2D eigenvalue weighted by atomic mass is 16.5. The van der Waals surface area contributed by atoms with E-state index < -0.39 is 12.2 Å². The number of fused-ring (bicyclic) bond motifs is 1. The van der Waals surface area contributed by atoms with Crippen LogP contribution in [0.5, 0.6) is 11.5 Å². The van der Waals surface area contributed by atoms with Crippen LogP contribution in [0.2, 0.25) is 0 Å². The lowest BCUT2D eigenvalue weighted by molar-refractivity contribution is 0.0214. The molecule has 0 saturated carbocycles. The van der Waals surface area contributed by atoms with Gasteiger partial charge in [0.1, 0.15) is 0 Å². The van der Waals surface area contributed by atoms with Crippen LogP contribution in [0, 0.1) is 12.8 Å². The number of benzene rings is 1. The number of aliphatic hydroxyl groups is 1. The first kappa shape index (κ1) is 24.1. The first-order valence-corrected chi connectivity index (χ1v) is 11.4. The van der Waals surface area contributed by atoms with E-state index in [0.29, 0.717) is 49.9 Å². The fraction of sp³-hybridized carbons (Fsp3) is 0.652. The van der Waals surface area contributed by atoms with Gasteiger partial charge in [0.25, 0.3) is 5.91 Å². The number of aliphatic hydroxyl groups excluding tert-OH is 1. The highest BCUT2D eigenvalue weighted by Crippen LogP contribution is 2.36. The molecule has 2 amide bonds. The fourth-order valence-corrected chi connectivity index (χ4v) is 4.16. The minimum absolute atomic E-state index is 0.00503. The lowest BCUT2D eigenvalue weighted by Gasteiger charge is -2.36. The number of ether oxygens (including phenoxy) is 2. The molecule has 2 atom stereocenters. The van der Waals surface area contributed by atoms with Crippen molar-refractivity contribution in [2.75, 3.05) is 53.0 Å². The summed E-state index contributed by atoms with van der Waals surface area (Å²) in [5.41, 5.74) is 1.40. The Labute approximate surface area is 189 Å². The molecule has 0 spiro atoms. The van der Waals surface area contributed by atoms with E-state index in [2.05, 4.69) is 10.2 Å². The van der Waals surface area contributed by atoms with Gasteiger partial charge in [-0.2, -0.15) is 0 Å². The Morgan fingerprint density at radius 1 is 1.22 bits per heavy atom. The van der Waals surface area contributed by atoms with E-state index in [0.717, 1.165) is 44.3 Å². The van der Waals surface area contributed by atoms with Gasteiger partial charge in [0.15, 0.2) is 11.5 Å². The maximum atomic E-state index is 12.8. The van der Waals surface area contributed by atoms with Crippen LogP contribution in [0.25, 0.3) is 0 Å². The maximum Gasteiger partial charge on any atom is 0.407 e. The Bertz CT molecular complexity index is 802. The second kappa shape index (κ2) is 11.4. The summed E-state index contributed by atoms with van der Waals surface area (Å²) >= 11 is 0. The fourth-order valence-electron chi connectivity index (χ4n) is 4.16. The van der Waals surface area contributed by atoms with Gasteiger partial charge >= 0.3 is 6.09 Å². The quantitative estimate of drug-likeness (QED) is 0.520. The van der Waals surface area contributed by atoms with E-state index in [-0.39, 0.29) is 11.8 Å². The summed E-state index contributed by atoms with van der Waals surface area (Å²) in [5, 5.41) is 22.4. The summed E-state index contributed by atoms with van der Waals surface area (Å²) in [7, 11) is 1.57. The summed E-state index contributed by atoms with van der Waals surface area (Å²) in [6.07, 6.45) is 1.82. The van der Waals surface area contributed by atoms with E-state index in [9.17, 15) is 14.7 Å². The second-order valence-corrected chi connectivity index (χ2v) is 8.68. The molecule has 1 saturated heterocycles. The van der Waals surface area contributed by atoms with E-state index in [1.165, 1.54) is 4.90 Å². The normalized spacial score (nSPS) is 21.0.